The van der Waals surface area contributed by atoms with Gasteiger partial charge in [0.15, 0.2) is 0 Å². The molecule has 0 spiro atoms. The van der Waals surface area contributed by atoms with Crippen LogP contribution in [0, 0.1) is 0 Å². The van der Waals surface area contributed by atoms with Crippen molar-refractivity contribution in [2.75, 3.05) is 0 Å². The van der Waals surface area contributed by atoms with E-state index in [2.05, 4.69) is 0 Å². The fourth-order valence-electron chi connectivity index (χ4n) is 0.263. The van der Waals surface area contributed by atoms with E-state index >= 15 is 0 Å². The first-order chi connectivity index (χ1) is 4.19. The number of halogens is 4. The Kier molecular flexibility index (Phi) is 5.03. The van der Waals surface area contributed by atoms with Crippen molar-refractivity contribution in [2.24, 2.45) is 0 Å². The Morgan fingerprint density at radius 2 is 1.55 bits per heavy atom. The second-order valence-electron chi connectivity index (χ2n) is 2.43. The molecule has 0 saturated carbocycles. The van der Waals surface area contributed by atoms with E-state index in [4.69, 9.17) is 0 Å². The maximum Gasteiger partial charge on any atom is 1.00 e. The zero-order valence-electron chi connectivity index (χ0n) is 6.50. The van der Waals surface area contributed by atoms with E-state index in [0.29, 0.717) is 13.1 Å². The molecule has 0 aromatic rings. The van der Waals surface area contributed by atoms with Gasteiger partial charge in [0.05, 0.1) is 0 Å². The third kappa shape index (κ3) is 3.15. The molecule has 0 aromatic carbocycles. The number of alkyl halides is 4. The van der Waals surface area contributed by atoms with Crippen LogP contribution in [0.15, 0.2) is 0 Å². The van der Waals surface area contributed by atoms with Crippen LogP contribution in [-0.2, 0) is 0 Å². The van der Waals surface area contributed by atoms with Gasteiger partial charge in [0.2, 0.25) is 0 Å². The Hall–Kier alpha value is 0.494. The molecular weight excluding hydrogens is 175 g/mol. The molecule has 0 bridgehead atoms. The summed E-state index contributed by atoms with van der Waals surface area (Å²) in [5, 5.41) is 0. The zero-order chi connectivity index (χ0) is 8.58. The average molecular weight is 182 g/mol. The van der Waals surface area contributed by atoms with Gasteiger partial charge in [-0.15, -0.1) is 0 Å². The first-order valence-electron chi connectivity index (χ1n) is 2.56. The largest absolute Gasteiger partial charge is 1.00 e. The van der Waals surface area contributed by atoms with E-state index in [1.54, 1.807) is 0 Å². The molecule has 0 aliphatic rings. The number of hydrogen-bond acceptors (Lipinski definition) is 1. The van der Waals surface area contributed by atoms with Crippen molar-refractivity contribution in [1.82, 2.24) is 0 Å². The van der Waals surface area contributed by atoms with Gasteiger partial charge in [-0.3, -0.25) is 0 Å². The Balaban J connectivity index is 0. The van der Waals surface area contributed by atoms with Crippen LogP contribution in [0.5, 0.6) is 0 Å². The molecule has 0 atom stereocenters. The van der Waals surface area contributed by atoms with Crippen LogP contribution in [-0.4, -0.2) is 20.3 Å². The Bertz CT molecular complexity index is 124. The molecular formula is C4H7F4LiOSi. The molecule has 0 unspecified atom stereocenters. The van der Waals surface area contributed by atoms with E-state index in [1.807, 2.05) is 0 Å². The van der Waals surface area contributed by atoms with Gasteiger partial charge in [0, 0.05) is 8.32 Å². The molecule has 0 amide bonds. The third-order valence-corrected chi connectivity index (χ3v) is 2.90. The minimum atomic E-state index is -4.31. The second-order valence-corrected chi connectivity index (χ2v) is 6.12. The van der Waals surface area contributed by atoms with Gasteiger partial charge in [0.25, 0.3) is 12.0 Å². The Labute approximate surface area is 75.1 Å². The van der Waals surface area contributed by atoms with Crippen molar-refractivity contribution in [3.05, 3.63) is 0 Å². The van der Waals surface area contributed by atoms with Gasteiger partial charge in [-0.2, -0.15) is 0 Å². The molecule has 0 heterocycles. The van der Waals surface area contributed by atoms with Gasteiger partial charge in [-0.05, 0) is 0 Å². The monoisotopic (exact) mass is 182 g/mol. The molecule has 0 rings (SSSR count). The SMILES string of the molecule is C[Si](C)([O-])C(F)(F)C(F)F.[Li+]. The third-order valence-electron chi connectivity index (χ3n) is 1.08. The Morgan fingerprint density at radius 3 is 1.55 bits per heavy atom. The minimum absolute atomic E-state index is 0. The summed E-state index contributed by atoms with van der Waals surface area (Å²) < 4.78 is 46.9. The summed E-state index contributed by atoms with van der Waals surface area (Å²) in [4.78, 5) is 10.5. The van der Waals surface area contributed by atoms with E-state index in [0.717, 1.165) is 0 Å². The maximum atomic E-state index is 12.1. The predicted octanol–water partition coefficient (Wildman–Crippen LogP) is -2.00. The van der Waals surface area contributed by atoms with E-state index in [1.165, 1.54) is 0 Å². The molecule has 1 nitrogen and oxygen atoms in total. The molecule has 0 aliphatic carbocycles. The summed E-state index contributed by atoms with van der Waals surface area (Å²) in [6.45, 7) is 1.33. The van der Waals surface area contributed by atoms with E-state index < -0.39 is 20.3 Å². The fourth-order valence-corrected chi connectivity index (χ4v) is 0.788. The topological polar surface area (TPSA) is 23.1 Å². The molecule has 0 fully saturated rings. The van der Waals surface area contributed by atoms with Crippen LogP contribution in [0.3, 0.4) is 0 Å². The van der Waals surface area contributed by atoms with Gasteiger partial charge in [-0.1, -0.05) is 13.1 Å². The Morgan fingerprint density at radius 1 is 1.27 bits per heavy atom. The van der Waals surface area contributed by atoms with Crippen molar-refractivity contribution in [1.29, 1.82) is 0 Å². The molecule has 0 aromatic heterocycles. The van der Waals surface area contributed by atoms with Crippen molar-refractivity contribution in [3.8, 4) is 0 Å². The van der Waals surface area contributed by atoms with Gasteiger partial charge in [0.1, 0.15) is 0 Å². The quantitative estimate of drug-likeness (QED) is 0.357. The van der Waals surface area contributed by atoms with Crippen LogP contribution >= 0.6 is 0 Å². The van der Waals surface area contributed by atoms with Gasteiger partial charge >= 0.3 is 18.9 Å². The maximum absolute atomic E-state index is 12.1. The van der Waals surface area contributed by atoms with E-state index in [9.17, 15) is 22.4 Å². The molecule has 0 N–H and O–H groups in total. The van der Waals surface area contributed by atoms with Gasteiger partial charge < -0.3 is 4.80 Å². The van der Waals surface area contributed by atoms with Crippen LogP contribution in [0.25, 0.3) is 0 Å². The van der Waals surface area contributed by atoms with Crippen LogP contribution in [0.1, 0.15) is 0 Å². The molecule has 62 valence electrons. The van der Waals surface area contributed by atoms with E-state index in [-0.39, 0.29) is 18.9 Å². The predicted molar refractivity (Wildman–Crippen MR) is 28.4 cm³/mol. The molecule has 0 radical (unpaired) electrons. The summed E-state index contributed by atoms with van der Waals surface area (Å²) in [6, 6.07) is 0. The second kappa shape index (κ2) is 3.94. The summed E-state index contributed by atoms with van der Waals surface area (Å²) in [6.07, 6.45) is -3.83. The summed E-state index contributed by atoms with van der Waals surface area (Å²) in [5.74, 6) is 0. The summed E-state index contributed by atoms with van der Waals surface area (Å²) in [7, 11) is -4.28. The minimum Gasteiger partial charge on any atom is -0.854 e. The van der Waals surface area contributed by atoms with Crippen molar-refractivity contribution in [2.45, 2.75) is 25.1 Å². The number of hydrogen-bond donors (Lipinski definition) is 0. The molecule has 11 heavy (non-hydrogen) atoms. The van der Waals surface area contributed by atoms with Gasteiger partial charge in [-0.25, -0.2) is 17.6 Å². The van der Waals surface area contributed by atoms with Crippen LogP contribution < -0.4 is 23.7 Å². The number of rotatable bonds is 2. The molecule has 0 saturated heterocycles. The van der Waals surface area contributed by atoms with Crippen molar-refractivity contribution < 1.29 is 41.2 Å². The molecule has 0 aliphatic heterocycles. The standard InChI is InChI=1S/C4H7F4OSi.Li/c1-10(2,9)4(7,8)3(5)6;/h3H,1-2H3;/q-1;+1. The molecule has 7 heteroatoms. The smallest absolute Gasteiger partial charge is 0.854 e. The average Bonchev–Trinajstić information content (AvgIpc) is 1.62. The fraction of sp³-hybridized carbons (Fsp3) is 1.00. The first kappa shape index (κ1) is 14.0. The summed E-state index contributed by atoms with van der Waals surface area (Å²) >= 11 is 0. The van der Waals surface area contributed by atoms with Crippen LogP contribution in [0.4, 0.5) is 17.6 Å². The van der Waals surface area contributed by atoms with Crippen LogP contribution in [0.2, 0.25) is 13.1 Å². The van der Waals surface area contributed by atoms with Crippen molar-refractivity contribution >= 4 is 8.32 Å². The van der Waals surface area contributed by atoms with Crippen molar-refractivity contribution in [3.63, 3.8) is 0 Å². The zero-order valence-corrected chi connectivity index (χ0v) is 7.50. The first-order valence-corrected chi connectivity index (χ1v) is 5.47. The summed E-state index contributed by atoms with van der Waals surface area (Å²) in [5.41, 5.74) is -4.31. The normalized spacial score (nSPS) is 13.1.